The zero-order chi connectivity index (χ0) is 12.9. The van der Waals surface area contributed by atoms with Gasteiger partial charge in [-0.25, -0.2) is 4.67 Å². The molecule has 94 valence electrons. The quantitative estimate of drug-likeness (QED) is 0.673. The maximum atomic E-state index is 12.4. The van der Waals surface area contributed by atoms with Crippen molar-refractivity contribution in [1.29, 1.82) is 5.26 Å². The van der Waals surface area contributed by atoms with E-state index in [0.717, 1.165) is 0 Å². The topological polar surface area (TPSA) is 53.3 Å². The highest BCUT2D eigenvalue weighted by Gasteiger charge is 2.36. The van der Waals surface area contributed by atoms with Gasteiger partial charge >= 0.3 is 7.52 Å². The van der Waals surface area contributed by atoms with Crippen molar-refractivity contribution in [2.75, 3.05) is 6.61 Å². The molecule has 0 aromatic rings. The zero-order valence-corrected chi connectivity index (χ0v) is 12.0. The normalized spacial score (nSPS) is 15.8. The van der Waals surface area contributed by atoms with Crippen LogP contribution in [0.1, 0.15) is 41.5 Å². The molecule has 0 aliphatic carbocycles. The van der Waals surface area contributed by atoms with E-state index in [1.54, 1.807) is 4.67 Å². The van der Waals surface area contributed by atoms with Gasteiger partial charge in [0, 0.05) is 12.1 Å². The molecule has 0 aromatic heterocycles. The monoisotopic (exact) mass is 246 g/mol. The van der Waals surface area contributed by atoms with Crippen molar-refractivity contribution in [1.82, 2.24) is 4.67 Å². The Bertz CT molecular complexity index is 287. The first-order chi connectivity index (χ1) is 7.24. The summed E-state index contributed by atoms with van der Waals surface area (Å²) in [7, 11) is -3.34. The van der Waals surface area contributed by atoms with Gasteiger partial charge < -0.3 is 4.52 Å². The van der Waals surface area contributed by atoms with Crippen LogP contribution >= 0.6 is 7.52 Å². The average Bonchev–Trinajstić information content (AvgIpc) is 2.13. The number of nitriles is 1. The summed E-state index contributed by atoms with van der Waals surface area (Å²) in [5.74, 6) is 2.12. The van der Waals surface area contributed by atoms with E-state index in [1.807, 2.05) is 47.4 Å². The highest BCUT2D eigenvalue weighted by Crippen LogP contribution is 2.52. The summed E-state index contributed by atoms with van der Waals surface area (Å²) in [5, 5.41) is 9.09. The Morgan fingerprint density at radius 1 is 1.19 bits per heavy atom. The molecule has 0 fully saturated rings. The Morgan fingerprint density at radius 3 is 1.88 bits per heavy atom. The molecule has 0 aliphatic heterocycles. The summed E-state index contributed by atoms with van der Waals surface area (Å²) in [6, 6.07) is 0.0512. The maximum Gasteiger partial charge on any atom is 0.371 e. The van der Waals surface area contributed by atoms with E-state index in [0.29, 0.717) is 6.61 Å². The lowest BCUT2D eigenvalue weighted by Gasteiger charge is -2.33. The van der Waals surface area contributed by atoms with Crippen LogP contribution in [0.15, 0.2) is 0 Å². The van der Waals surface area contributed by atoms with Crippen LogP contribution in [0.4, 0.5) is 0 Å². The minimum atomic E-state index is -3.34. The Kier molecular flexibility index (Phi) is 6.25. The Balaban J connectivity index is 4.92. The second-order valence-corrected chi connectivity index (χ2v) is 6.84. The first kappa shape index (κ1) is 15.6. The Morgan fingerprint density at radius 2 is 1.62 bits per heavy atom. The van der Waals surface area contributed by atoms with Gasteiger partial charge in [0.2, 0.25) is 0 Å². The number of rotatable bonds is 6. The molecule has 0 saturated heterocycles. The highest BCUT2D eigenvalue weighted by atomic mass is 31.2. The molecular weight excluding hydrogens is 223 g/mol. The molecule has 0 rings (SSSR count). The van der Waals surface area contributed by atoms with Crippen molar-refractivity contribution >= 4 is 7.52 Å². The predicted octanol–water partition coefficient (Wildman–Crippen LogP) is 3.45. The molecule has 0 radical (unpaired) electrons. The molecule has 16 heavy (non-hydrogen) atoms. The third-order valence-electron chi connectivity index (χ3n) is 2.07. The molecular formula is C11H23N2O2P. The molecule has 0 aromatic carbocycles. The predicted molar refractivity (Wildman–Crippen MR) is 66.1 cm³/mol. The van der Waals surface area contributed by atoms with E-state index in [-0.39, 0.29) is 18.0 Å². The second-order valence-electron chi connectivity index (χ2n) is 4.88. The third-order valence-corrected chi connectivity index (χ3v) is 4.36. The molecule has 0 bridgehead atoms. The fraction of sp³-hybridized carbons (Fsp3) is 0.909. The molecule has 0 heterocycles. The lowest BCUT2D eigenvalue weighted by atomic mass is 10.2. The van der Waals surface area contributed by atoms with Gasteiger partial charge in [0.25, 0.3) is 0 Å². The largest absolute Gasteiger partial charge is 0.371 e. The fourth-order valence-corrected chi connectivity index (χ4v) is 3.61. The molecule has 1 unspecified atom stereocenters. The van der Waals surface area contributed by atoms with Crippen LogP contribution in [-0.4, -0.2) is 23.4 Å². The van der Waals surface area contributed by atoms with Crippen LogP contribution in [0.3, 0.4) is 0 Å². The van der Waals surface area contributed by atoms with Gasteiger partial charge in [-0.15, -0.1) is 0 Å². The van der Waals surface area contributed by atoms with Gasteiger partial charge in [-0.1, -0.05) is 13.8 Å². The van der Waals surface area contributed by atoms with Gasteiger partial charge in [-0.3, -0.25) is 4.57 Å². The zero-order valence-electron chi connectivity index (χ0n) is 11.1. The van der Waals surface area contributed by atoms with Gasteiger partial charge in [0.1, 0.15) is 0 Å². The van der Waals surface area contributed by atoms with Crippen molar-refractivity contribution < 1.29 is 9.09 Å². The van der Waals surface area contributed by atoms with Crippen LogP contribution in [0.5, 0.6) is 0 Å². The van der Waals surface area contributed by atoms with E-state index in [2.05, 4.69) is 0 Å². The van der Waals surface area contributed by atoms with Crippen molar-refractivity contribution in [3.8, 4) is 5.81 Å². The highest BCUT2D eigenvalue weighted by molar-refractivity contribution is 7.61. The fourth-order valence-electron chi connectivity index (χ4n) is 1.60. The summed E-state index contributed by atoms with van der Waals surface area (Å²) in [4.78, 5) is 0. The molecule has 5 heteroatoms. The molecule has 0 saturated carbocycles. The summed E-state index contributed by atoms with van der Waals surface area (Å²) >= 11 is 0. The Labute approximate surface area is 99.1 Å². The van der Waals surface area contributed by atoms with Crippen LogP contribution < -0.4 is 0 Å². The van der Waals surface area contributed by atoms with Crippen molar-refractivity contribution in [2.24, 2.45) is 5.92 Å². The summed E-state index contributed by atoms with van der Waals surface area (Å²) in [6.45, 7) is 12.0. The molecule has 0 spiro atoms. The van der Waals surface area contributed by atoms with Crippen molar-refractivity contribution in [3.05, 3.63) is 0 Å². The van der Waals surface area contributed by atoms with E-state index in [1.165, 1.54) is 0 Å². The third kappa shape index (κ3) is 4.25. The standard InChI is InChI=1S/C11H23N2O2P/c1-9(2)7-15-16(14,8-12)13(10(3)4)11(5)6/h9-11H,7H2,1-6H3. The van der Waals surface area contributed by atoms with Crippen LogP contribution in [0.2, 0.25) is 0 Å². The molecule has 0 amide bonds. The minimum Gasteiger partial charge on any atom is -0.307 e. The number of hydrogen-bond donors (Lipinski definition) is 0. The summed E-state index contributed by atoms with van der Waals surface area (Å²) < 4.78 is 19.4. The van der Waals surface area contributed by atoms with E-state index in [4.69, 9.17) is 9.79 Å². The van der Waals surface area contributed by atoms with Crippen LogP contribution in [0.25, 0.3) is 0 Å². The van der Waals surface area contributed by atoms with Gasteiger partial charge in [-0.2, -0.15) is 5.26 Å². The summed E-state index contributed by atoms with van der Waals surface area (Å²) in [5.41, 5.74) is 0. The number of nitrogens with zero attached hydrogens (tertiary/aromatic N) is 2. The minimum absolute atomic E-state index is 0.0256. The molecule has 1 atom stereocenters. The van der Waals surface area contributed by atoms with Crippen LogP contribution in [0, 0.1) is 17.0 Å². The number of hydrogen-bond acceptors (Lipinski definition) is 3. The van der Waals surface area contributed by atoms with E-state index < -0.39 is 7.52 Å². The second kappa shape index (κ2) is 6.39. The molecule has 0 N–H and O–H groups in total. The van der Waals surface area contributed by atoms with Gasteiger partial charge in [0.15, 0.2) is 5.81 Å². The van der Waals surface area contributed by atoms with Gasteiger partial charge in [-0.05, 0) is 33.6 Å². The molecule has 4 nitrogen and oxygen atoms in total. The van der Waals surface area contributed by atoms with E-state index >= 15 is 0 Å². The maximum absolute atomic E-state index is 12.4. The first-order valence-electron chi connectivity index (χ1n) is 5.69. The van der Waals surface area contributed by atoms with Crippen LogP contribution in [-0.2, 0) is 9.09 Å². The van der Waals surface area contributed by atoms with Crippen molar-refractivity contribution in [2.45, 2.75) is 53.6 Å². The van der Waals surface area contributed by atoms with E-state index in [9.17, 15) is 4.57 Å². The molecule has 0 aliphatic rings. The lowest BCUT2D eigenvalue weighted by molar-refractivity contribution is 0.206. The first-order valence-corrected chi connectivity index (χ1v) is 7.27. The Hall–Kier alpha value is -0.360. The average molecular weight is 246 g/mol. The van der Waals surface area contributed by atoms with Crippen molar-refractivity contribution in [3.63, 3.8) is 0 Å². The smallest absolute Gasteiger partial charge is 0.307 e. The SMILES string of the molecule is CC(C)COP(=O)(C#N)N(C(C)C)C(C)C. The lowest BCUT2D eigenvalue weighted by Crippen LogP contribution is -2.34. The van der Waals surface area contributed by atoms with Gasteiger partial charge in [0.05, 0.1) is 6.61 Å². The summed E-state index contributed by atoms with van der Waals surface area (Å²) in [6.07, 6.45) is 0.